The van der Waals surface area contributed by atoms with Crippen LogP contribution in [-0.4, -0.2) is 5.91 Å². The van der Waals surface area contributed by atoms with Crippen LogP contribution >= 0.6 is 0 Å². The first kappa shape index (κ1) is 13.1. The average molecular weight is 258 g/mol. The van der Waals surface area contributed by atoms with Gasteiger partial charge in [0.15, 0.2) is 0 Å². The van der Waals surface area contributed by atoms with E-state index in [1.54, 1.807) is 38.1 Å². The summed E-state index contributed by atoms with van der Waals surface area (Å²) in [5.74, 6) is -0.677. The van der Waals surface area contributed by atoms with Crippen molar-refractivity contribution in [1.82, 2.24) is 0 Å². The second-order valence-electron chi connectivity index (χ2n) is 4.43. The first-order chi connectivity index (χ1) is 8.99. The Bertz CT molecular complexity index is 638. The van der Waals surface area contributed by atoms with Crippen molar-refractivity contribution in [2.45, 2.75) is 13.8 Å². The van der Waals surface area contributed by atoms with E-state index in [9.17, 15) is 9.18 Å². The lowest BCUT2D eigenvalue weighted by Crippen LogP contribution is -2.15. The zero-order chi connectivity index (χ0) is 14.0. The highest BCUT2D eigenvalue weighted by Crippen LogP contribution is 2.20. The Balaban J connectivity index is 2.31. The summed E-state index contributed by atoms with van der Waals surface area (Å²) in [6.45, 7) is 3.59. The fourth-order valence-corrected chi connectivity index (χ4v) is 1.82. The van der Waals surface area contributed by atoms with E-state index in [0.29, 0.717) is 22.5 Å². The topological polar surface area (TPSA) is 55.1 Å². The van der Waals surface area contributed by atoms with Crippen LogP contribution in [0.15, 0.2) is 36.4 Å². The fourth-order valence-electron chi connectivity index (χ4n) is 1.82. The van der Waals surface area contributed by atoms with E-state index < -0.39 is 0 Å². The van der Waals surface area contributed by atoms with E-state index in [4.69, 9.17) is 5.73 Å². The normalized spacial score (nSPS) is 10.3. The molecule has 0 spiro atoms. The molecule has 0 aliphatic rings. The van der Waals surface area contributed by atoms with Gasteiger partial charge >= 0.3 is 0 Å². The van der Waals surface area contributed by atoms with Gasteiger partial charge in [0.2, 0.25) is 0 Å². The highest BCUT2D eigenvalue weighted by molar-refractivity contribution is 6.06. The van der Waals surface area contributed by atoms with Crippen molar-refractivity contribution in [3.63, 3.8) is 0 Å². The lowest BCUT2D eigenvalue weighted by molar-refractivity contribution is 0.102. The molecule has 3 N–H and O–H groups in total. The summed E-state index contributed by atoms with van der Waals surface area (Å²) in [7, 11) is 0. The number of hydrogen-bond acceptors (Lipinski definition) is 2. The van der Waals surface area contributed by atoms with E-state index >= 15 is 0 Å². The van der Waals surface area contributed by atoms with Crippen LogP contribution in [0.25, 0.3) is 0 Å². The summed E-state index contributed by atoms with van der Waals surface area (Å²) in [6, 6.07) is 9.42. The SMILES string of the molecule is Cc1ccc(F)cc1NC(=O)c1cccc(N)c1C. The zero-order valence-electron chi connectivity index (χ0n) is 10.8. The molecule has 1 amide bonds. The number of halogens is 1. The molecule has 3 nitrogen and oxygen atoms in total. The number of carbonyl (C=O) groups excluding carboxylic acids is 1. The van der Waals surface area contributed by atoms with Crippen LogP contribution in [0.2, 0.25) is 0 Å². The van der Waals surface area contributed by atoms with E-state index in [0.717, 1.165) is 5.56 Å². The van der Waals surface area contributed by atoms with Crippen LogP contribution in [-0.2, 0) is 0 Å². The fraction of sp³-hybridized carbons (Fsp3) is 0.133. The first-order valence-corrected chi connectivity index (χ1v) is 5.91. The van der Waals surface area contributed by atoms with Gasteiger partial charge in [0.25, 0.3) is 5.91 Å². The number of rotatable bonds is 2. The summed E-state index contributed by atoms with van der Waals surface area (Å²) < 4.78 is 13.2. The Morgan fingerprint density at radius 3 is 2.68 bits per heavy atom. The van der Waals surface area contributed by atoms with Crippen molar-refractivity contribution in [1.29, 1.82) is 0 Å². The van der Waals surface area contributed by atoms with E-state index in [2.05, 4.69) is 5.32 Å². The average Bonchev–Trinajstić information content (AvgIpc) is 2.37. The number of carbonyl (C=O) groups is 1. The number of nitrogens with two attached hydrogens (primary N) is 1. The maximum atomic E-state index is 13.2. The molecular weight excluding hydrogens is 243 g/mol. The third-order valence-electron chi connectivity index (χ3n) is 3.07. The summed E-state index contributed by atoms with van der Waals surface area (Å²) in [6.07, 6.45) is 0. The molecule has 0 saturated heterocycles. The maximum Gasteiger partial charge on any atom is 0.256 e. The van der Waals surface area contributed by atoms with Crippen molar-refractivity contribution >= 4 is 17.3 Å². The highest BCUT2D eigenvalue weighted by Gasteiger charge is 2.12. The van der Waals surface area contributed by atoms with Gasteiger partial charge in [-0.15, -0.1) is 0 Å². The molecular formula is C15H15FN2O. The van der Waals surface area contributed by atoms with E-state index in [-0.39, 0.29) is 11.7 Å². The standard InChI is InChI=1S/C15H15FN2O/c1-9-6-7-11(16)8-14(9)18-15(19)12-4-3-5-13(17)10(12)2/h3-8H,17H2,1-2H3,(H,18,19). The van der Waals surface area contributed by atoms with Gasteiger partial charge in [0.1, 0.15) is 5.82 Å². The molecule has 19 heavy (non-hydrogen) atoms. The molecule has 0 atom stereocenters. The molecule has 0 unspecified atom stereocenters. The summed E-state index contributed by atoms with van der Waals surface area (Å²) >= 11 is 0. The highest BCUT2D eigenvalue weighted by atomic mass is 19.1. The number of nitrogens with one attached hydrogen (secondary N) is 1. The number of aryl methyl sites for hydroxylation is 1. The van der Waals surface area contributed by atoms with Crippen molar-refractivity contribution in [2.24, 2.45) is 0 Å². The number of benzene rings is 2. The Morgan fingerprint density at radius 1 is 1.21 bits per heavy atom. The predicted molar refractivity (Wildman–Crippen MR) is 74.7 cm³/mol. The largest absolute Gasteiger partial charge is 0.398 e. The van der Waals surface area contributed by atoms with E-state index in [1.807, 2.05) is 0 Å². The molecule has 2 aromatic carbocycles. The Kier molecular flexibility index (Phi) is 3.51. The van der Waals surface area contributed by atoms with Crippen molar-refractivity contribution in [2.75, 3.05) is 11.1 Å². The molecule has 4 heteroatoms. The minimum absolute atomic E-state index is 0.293. The van der Waals surface area contributed by atoms with Gasteiger partial charge in [-0.05, 0) is 49.2 Å². The first-order valence-electron chi connectivity index (χ1n) is 5.91. The summed E-state index contributed by atoms with van der Waals surface area (Å²) in [5, 5.41) is 2.70. The molecule has 0 bridgehead atoms. The predicted octanol–water partition coefficient (Wildman–Crippen LogP) is 3.28. The van der Waals surface area contributed by atoms with Crippen molar-refractivity contribution in [3.05, 3.63) is 58.9 Å². The molecule has 0 heterocycles. The van der Waals surface area contributed by atoms with Crippen LogP contribution in [0.5, 0.6) is 0 Å². The molecule has 0 radical (unpaired) electrons. The van der Waals surface area contributed by atoms with Crippen LogP contribution in [0.3, 0.4) is 0 Å². The lowest BCUT2D eigenvalue weighted by atomic mass is 10.1. The van der Waals surface area contributed by atoms with Gasteiger partial charge in [0, 0.05) is 16.9 Å². The second-order valence-corrected chi connectivity index (χ2v) is 4.43. The Morgan fingerprint density at radius 2 is 1.95 bits per heavy atom. The van der Waals surface area contributed by atoms with Gasteiger partial charge in [-0.3, -0.25) is 4.79 Å². The smallest absolute Gasteiger partial charge is 0.256 e. The second kappa shape index (κ2) is 5.10. The molecule has 0 aliphatic carbocycles. The van der Waals surface area contributed by atoms with Gasteiger partial charge in [-0.1, -0.05) is 12.1 Å². The number of nitrogen functional groups attached to an aromatic ring is 1. The summed E-state index contributed by atoms with van der Waals surface area (Å²) in [4.78, 5) is 12.2. The van der Waals surface area contributed by atoms with Gasteiger partial charge < -0.3 is 11.1 Å². The lowest BCUT2D eigenvalue weighted by Gasteiger charge is -2.11. The minimum Gasteiger partial charge on any atom is -0.398 e. The third-order valence-corrected chi connectivity index (χ3v) is 3.07. The van der Waals surface area contributed by atoms with Gasteiger partial charge in [-0.2, -0.15) is 0 Å². The maximum absolute atomic E-state index is 13.2. The Hall–Kier alpha value is -2.36. The molecule has 0 aromatic heterocycles. The van der Waals surface area contributed by atoms with Crippen molar-refractivity contribution in [3.8, 4) is 0 Å². The van der Waals surface area contributed by atoms with Crippen LogP contribution < -0.4 is 11.1 Å². The zero-order valence-corrected chi connectivity index (χ0v) is 10.8. The quantitative estimate of drug-likeness (QED) is 0.812. The van der Waals surface area contributed by atoms with Crippen LogP contribution in [0, 0.1) is 19.7 Å². The molecule has 98 valence electrons. The molecule has 2 aromatic rings. The molecule has 2 rings (SSSR count). The third kappa shape index (κ3) is 2.73. The van der Waals surface area contributed by atoms with Gasteiger partial charge in [-0.25, -0.2) is 4.39 Å². The van der Waals surface area contributed by atoms with Crippen LogP contribution in [0.1, 0.15) is 21.5 Å². The summed E-state index contributed by atoms with van der Waals surface area (Å²) in [5.41, 5.74) is 8.80. The number of amides is 1. The van der Waals surface area contributed by atoms with Crippen molar-refractivity contribution < 1.29 is 9.18 Å². The molecule has 0 aliphatic heterocycles. The monoisotopic (exact) mass is 258 g/mol. The van der Waals surface area contributed by atoms with E-state index in [1.165, 1.54) is 12.1 Å². The minimum atomic E-state index is -0.384. The van der Waals surface area contributed by atoms with Crippen LogP contribution in [0.4, 0.5) is 15.8 Å². The van der Waals surface area contributed by atoms with Gasteiger partial charge in [0.05, 0.1) is 0 Å². The molecule has 0 fully saturated rings. The number of hydrogen-bond donors (Lipinski definition) is 2. The Labute approximate surface area is 111 Å². The number of anilines is 2. The molecule has 0 saturated carbocycles.